The largest absolute Gasteiger partial charge is 0.463 e. The Kier molecular flexibility index (Phi) is 10.8. The average molecular weight is 725 g/mol. The van der Waals surface area contributed by atoms with Gasteiger partial charge in [-0.1, -0.05) is 35.5 Å². The van der Waals surface area contributed by atoms with Crippen LogP contribution in [0.1, 0.15) is 37.9 Å². The van der Waals surface area contributed by atoms with Crippen molar-refractivity contribution in [3.8, 4) is 22.5 Å². The van der Waals surface area contributed by atoms with Crippen LogP contribution in [-0.2, 0) is 23.7 Å². The van der Waals surface area contributed by atoms with Crippen LogP contribution in [0.2, 0.25) is 0 Å². The Hall–Kier alpha value is -3.97. The van der Waals surface area contributed by atoms with E-state index < -0.39 is 76.8 Å². The lowest BCUT2D eigenvalue weighted by atomic mass is 9.89. The number of aliphatic hydroxyl groups excluding tert-OH is 1. The maximum absolute atomic E-state index is 14.0. The minimum absolute atomic E-state index is 0.0322. The number of benzene rings is 2. The van der Waals surface area contributed by atoms with Gasteiger partial charge in [0.2, 0.25) is 0 Å². The number of esters is 1. The Labute approximate surface area is 286 Å². The van der Waals surface area contributed by atoms with Gasteiger partial charge >= 0.3 is 5.97 Å². The molecule has 0 bridgehead atoms. The minimum Gasteiger partial charge on any atom is -0.463 e. The molecule has 0 aliphatic carbocycles. The molecule has 268 valence electrons. The summed E-state index contributed by atoms with van der Waals surface area (Å²) in [6, 6.07) is 6.10. The molecule has 2 aliphatic rings. The number of hydrogen-bond acceptors (Lipinski definition) is 11. The molecule has 18 heteroatoms. The molecule has 6 rings (SSSR count). The van der Waals surface area contributed by atoms with Gasteiger partial charge in [-0.2, -0.15) is 0 Å². The number of methoxy groups -OCH3 is 1. The molecule has 0 saturated carbocycles. The quantitative estimate of drug-likeness (QED) is 0.138. The van der Waals surface area contributed by atoms with Gasteiger partial charge in [0.15, 0.2) is 17.5 Å². The van der Waals surface area contributed by atoms with Crippen molar-refractivity contribution in [2.45, 2.75) is 61.4 Å². The van der Waals surface area contributed by atoms with Gasteiger partial charge in [0.1, 0.15) is 35.6 Å². The number of aromatic nitrogens is 6. The zero-order chi connectivity index (χ0) is 35.7. The SMILES string of the molecule is COC1C(SC2COCC(n3cc(-c4cccc(C(F)F)c4)nn3)C2O)OC(COC(C)=O)C(C)C1n1cc(-c2cc(F)c(F)c(F)c2)nn1. The first-order chi connectivity index (χ1) is 23.9. The van der Waals surface area contributed by atoms with Crippen LogP contribution in [0.3, 0.4) is 0 Å². The van der Waals surface area contributed by atoms with Crippen molar-refractivity contribution in [1.82, 2.24) is 30.0 Å². The van der Waals surface area contributed by atoms with Gasteiger partial charge in [-0.15, -0.1) is 22.0 Å². The maximum Gasteiger partial charge on any atom is 0.302 e. The van der Waals surface area contributed by atoms with E-state index in [-0.39, 0.29) is 36.6 Å². The topological polar surface area (TPSA) is 136 Å². The normalized spacial score (nSPS) is 27.1. The van der Waals surface area contributed by atoms with Crippen molar-refractivity contribution in [3.05, 3.63) is 71.8 Å². The number of carbonyl (C=O) groups is 1. The Morgan fingerprint density at radius 3 is 2.40 bits per heavy atom. The standard InChI is InChI=1S/C32H33F5N6O6S/c1-15-25(13-48-16(2)44)49-32(30(46-3)28(15)43-11-23(39-41-43)19-8-20(33)27(35)21(34)9-19)50-26-14-47-12-24(29(26)45)42-10-22(38-40-42)17-5-4-6-18(7-17)31(36)37/h4-11,15,24-26,28-32,45H,12-14H2,1-3H3. The summed E-state index contributed by atoms with van der Waals surface area (Å²) >= 11 is 1.23. The van der Waals surface area contributed by atoms with Crippen molar-refractivity contribution in [1.29, 1.82) is 0 Å². The molecule has 0 radical (unpaired) electrons. The number of thioether (sulfide) groups is 1. The summed E-state index contributed by atoms with van der Waals surface area (Å²) in [6.45, 7) is 3.20. The fourth-order valence-electron chi connectivity index (χ4n) is 6.13. The summed E-state index contributed by atoms with van der Waals surface area (Å²) in [5.41, 5.74) is -0.127. The fraction of sp³-hybridized carbons (Fsp3) is 0.469. The van der Waals surface area contributed by atoms with Crippen molar-refractivity contribution in [2.24, 2.45) is 5.92 Å². The van der Waals surface area contributed by atoms with E-state index in [0.717, 1.165) is 12.1 Å². The Morgan fingerprint density at radius 1 is 1.04 bits per heavy atom. The molecule has 50 heavy (non-hydrogen) atoms. The third-order valence-corrected chi connectivity index (χ3v) is 10.2. The Balaban J connectivity index is 1.24. The molecule has 1 N–H and O–H groups in total. The summed E-state index contributed by atoms with van der Waals surface area (Å²) in [5, 5.41) is 27.5. The monoisotopic (exact) mass is 724 g/mol. The predicted molar refractivity (Wildman–Crippen MR) is 167 cm³/mol. The van der Waals surface area contributed by atoms with E-state index in [1.165, 1.54) is 59.6 Å². The first-order valence-corrected chi connectivity index (χ1v) is 16.5. The van der Waals surface area contributed by atoms with Gasteiger partial charge < -0.3 is 24.1 Å². The highest BCUT2D eigenvalue weighted by Gasteiger charge is 2.49. The van der Waals surface area contributed by atoms with E-state index in [1.807, 2.05) is 6.92 Å². The van der Waals surface area contributed by atoms with Crippen LogP contribution < -0.4 is 0 Å². The molecule has 0 spiro atoms. The van der Waals surface area contributed by atoms with E-state index in [9.17, 15) is 31.9 Å². The molecule has 2 aromatic carbocycles. The van der Waals surface area contributed by atoms with Crippen LogP contribution in [0, 0.1) is 23.4 Å². The highest BCUT2D eigenvalue weighted by Crippen LogP contribution is 2.43. The Morgan fingerprint density at radius 2 is 1.72 bits per heavy atom. The lowest BCUT2D eigenvalue weighted by molar-refractivity contribution is -0.172. The molecule has 8 atom stereocenters. The molecule has 4 aromatic rings. The molecule has 0 amide bonds. The molecule has 4 heterocycles. The molecular formula is C32H33F5N6O6S. The molecule has 12 nitrogen and oxygen atoms in total. The summed E-state index contributed by atoms with van der Waals surface area (Å²) in [5.74, 6) is -5.30. The zero-order valence-electron chi connectivity index (χ0n) is 26.9. The van der Waals surface area contributed by atoms with E-state index >= 15 is 0 Å². The molecule has 2 fully saturated rings. The van der Waals surface area contributed by atoms with Gasteiger partial charge in [-0.05, 0) is 18.2 Å². The second-order valence-electron chi connectivity index (χ2n) is 12.0. The number of alkyl halides is 2. The number of nitrogens with zero attached hydrogens (tertiary/aromatic N) is 6. The third kappa shape index (κ3) is 7.39. The molecule has 2 aromatic heterocycles. The second-order valence-corrected chi connectivity index (χ2v) is 13.4. The van der Waals surface area contributed by atoms with Crippen molar-refractivity contribution in [3.63, 3.8) is 0 Å². The van der Waals surface area contributed by atoms with Gasteiger partial charge in [-0.3, -0.25) is 4.79 Å². The second kappa shape index (κ2) is 15.1. The van der Waals surface area contributed by atoms with Gasteiger partial charge in [-0.25, -0.2) is 31.3 Å². The van der Waals surface area contributed by atoms with Crippen LogP contribution in [0.25, 0.3) is 22.5 Å². The number of aliphatic hydroxyl groups is 1. The third-order valence-electron chi connectivity index (χ3n) is 8.80. The fourth-order valence-corrected chi connectivity index (χ4v) is 7.63. The van der Waals surface area contributed by atoms with Crippen LogP contribution in [0.5, 0.6) is 0 Å². The van der Waals surface area contributed by atoms with Crippen LogP contribution >= 0.6 is 11.8 Å². The molecule has 8 unspecified atom stereocenters. The van der Waals surface area contributed by atoms with E-state index in [2.05, 4.69) is 20.6 Å². The van der Waals surface area contributed by atoms with Crippen molar-refractivity contribution >= 4 is 17.7 Å². The van der Waals surface area contributed by atoms with E-state index in [1.54, 1.807) is 12.3 Å². The minimum atomic E-state index is -2.65. The van der Waals surface area contributed by atoms with Gasteiger partial charge in [0.05, 0.1) is 49.1 Å². The summed E-state index contributed by atoms with van der Waals surface area (Å²) in [4.78, 5) is 11.7. The lowest BCUT2D eigenvalue weighted by Gasteiger charge is -2.46. The van der Waals surface area contributed by atoms with Crippen molar-refractivity contribution in [2.75, 3.05) is 26.9 Å². The molecular weight excluding hydrogens is 691 g/mol. The smallest absolute Gasteiger partial charge is 0.302 e. The van der Waals surface area contributed by atoms with Gasteiger partial charge in [0, 0.05) is 36.6 Å². The Bertz CT molecular complexity index is 1790. The number of halogens is 5. The summed E-state index contributed by atoms with van der Waals surface area (Å²) in [6.07, 6.45) is -2.11. The van der Waals surface area contributed by atoms with Crippen LogP contribution in [0.4, 0.5) is 22.0 Å². The first-order valence-electron chi connectivity index (χ1n) is 15.5. The van der Waals surface area contributed by atoms with Crippen LogP contribution in [-0.4, -0.2) is 97.0 Å². The predicted octanol–water partition coefficient (Wildman–Crippen LogP) is 4.77. The summed E-state index contributed by atoms with van der Waals surface area (Å²) in [7, 11) is 1.47. The van der Waals surface area contributed by atoms with E-state index in [0.29, 0.717) is 11.3 Å². The number of rotatable bonds is 10. The average Bonchev–Trinajstić information content (AvgIpc) is 3.79. The van der Waals surface area contributed by atoms with Gasteiger partial charge in [0.25, 0.3) is 6.43 Å². The highest BCUT2D eigenvalue weighted by atomic mass is 32.2. The van der Waals surface area contributed by atoms with E-state index in [4.69, 9.17) is 18.9 Å². The zero-order valence-corrected chi connectivity index (χ0v) is 27.7. The maximum atomic E-state index is 14.0. The number of ether oxygens (including phenoxy) is 4. The molecule has 2 aliphatic heterocycles. The first kappa shape index (κ1) is 35.8. The number of hydrogen-bond donors (Lipinski definition) is 1. The molecule has 2 saturated heterocycles. The van der Waals surface area contributed by atoms with Crippen LogP contribution in [0.15, 0.2) is 48.8 Å². The summed E-state index contributed by atoms with van der Waals surface area (Å²) < 4.78 is 94.6. The number of carbonyl (C=O) groups excluding carboxylic acids is 1. The van der Waals surface area contributed by atoms with Crippen molar-refractivity contribution < 1.29 is 50.8 Å². The highest BCUT2D eigenvalue weighted by molar-refractivity contribution is 8.00. The lowest BCUT2D eigenvalue weighted by Crippen LogP contribution is -2.54.